The number of benzene rings is 2. The number of hydrogen-bond acceptors (Lipinski definition) is 2. The summed E-state index contributed by atoms with van der Waals surface area (Å²) in [6.07, 6.45) is 0. The van der Waals surface area contributed by atoms with Crippen LogP contribution in [0.5, 0.6) is 0 Å². The molecule has 3 aromatic rings. The summed E-state index contributed by atoms with van der Waals surface area (Å²) in [6.45, 7) is 0. The van der Waals surface area contributed by atoms with Crippen molar-refractivity contribution in [2.75, 3.05) is 0 Å². The third kappa shape index (κ3) is 2.81. The van der Waals surface area contributed by atoms with Crippen molar-refractivity contribution in [1.82, 2.24) is 9.97 Å². The topological polar surface area (TPSA) is 28.7 Å². The summed E-state index contributed by atoms with van der Waals surface area (Å²) in [5.74, 6) is 1.86. The van der Waals surface area contributed by atoms with Crippen molar-refractivity contribution in [2.45, 2.75) is 11.5 Å². The molecule has 1 N–H and O–H groups in total. The van der Waals surface area contributed by atoms with Gasteiger partial charge >= 0.3 is 0 Å². The Labute approximate surface area is 125 Å². The van der Waals surface area contributed by atoms with Gasteiger partial charge in [0.05, 0.1) is 16.8 Å². The van der Waals surface area contributed by atoms with Gasteiger partial charge in [-0.1, -0.05) is 29.8 Å². The second kappa shape index (κ2) is 5.85. The quantitative estimate of drug-likeness (QED) is 0.751. The molecule has 0 unspecified atom stereocenters. The number of fused-ring (bicyclic) bond motifs is 1. The van der Waals surface area contributed by atoms with Crippen molar-refractivity contribution in [2.24, 2.45) is 0 Å². The first-order chi connectivity index (χ1) is 9.74. The van der Waals surface area contributed by atoms with Crippen molar-refractivity contribution in [1.29, 1.82) is 0 Å². The molecular formula is C15H12ClFN2S. The Balaban J connectivity index is 1.68. The highest BCUT2D eigenvalue weighted by Gasteiger charge is 2.08. The highest BCUT2D eigenvalue weighted by Crippen LogP contribution is 2.25. The zero-order chi connectivity index (χ0) is 13.9. The molecule has 0 saturated heterocycles. The van der Waals surface area contributed by atoms with Crippen molar-refractivity contribution in [3.63, 3.8) is 0 Å². The first-order valence-electron chi connectivity index (χ1n) is 6.18. The predicted octanol–water partition coefficient (Wildman–Crippen LogP) is 4.79. The second-order valence-corrected chi connectivity index (χ2v) is 5.79. The number of aromatic amines is 1. The second-order valence-electron chi connectivity index (χ2n) is 4.39. The van der Waals surface area contributed by atoms with Crippen molar-refractivity contribution in [3.8, 4) is 0 Å². The van der Waals surface area contributed by atoms with E-state index in [0.717, 1.165) is 16.9 Å². The lowest BCUT2D eigenvalue weighted by atomic mass is 10.2. The molecule has 0 aliphatic carbocycles. The first kappa shape index (κ1) is 13.5. The van der Waals surface area contributed by atoms with Crippen molar-refractivity contribution < 1.29 is 4.39 Å². The fourth-order valence-corrected chi connectivity index (χ4v) is 3.23. The van der Waals surface area contributed by atoms with E-state index in [1.807, 2.05) is 24.3 Å². The van der Waals surface area contributed by atoms with Gasteiger partial charge in [0.2, 0.25) is 0 Å². The summed E-state index contributed by atoms with van der Waals surface area (Å²) in [6, 6.07) is 12.6. The molecule has 0 saturated carbocycles. The molecule has 0 amide bonds. The van der Waals surface area contributed by atoms with E-state index in [9.17, 15) is 4.39 Å². The molecule has 1 aromatic heterocycles. The van der Waals surface area contributed by atoms with E-state index >= 15 is 0 Å². The van der Waals surface area contributed by atoms with Crippen LogP contribution in [-0.2, 0) is 11.5 Å². The monoisotopic (exact) mass is 306 g/mol. The van der Waals surface area contributed by atoms with E-state index < -0.39 is 0 Å². The van der Waals surface area contributed by atoms with Gasteiger partial charge in [0.15, 0.2) is 0 Å². The van der Waals surface area contributed by atoms with Gasteiger partial charge in [-0.3, -0.25) is 0 Å². The number of H-pyrrole nitrogens is 1. The maximum Gasteiger partial charge on any atom is 0.128 e. The average molecular weight is 307 g/mol. The molecule has 102 valence electrons. The average Bonchev–Trinajstić information content (AvgIpc) is 2.84. The van der Waals surface area contributed by atoms with Gasteiger partial charge in [0, 0.05) is 16.3 Å². The third-order valence-electron chi connectivity index (χ3n) is 2.99. The summed E-state index contributed by atoms with van der Waals surface area (Å²) in [4.78, 5) is 7.74. The predicted molar refractivity (Wildman–Crippen MR) is 82.5 cm³/mol. The van der Waals surface area contributed by atoms with Crippen LogP contribution in [0.15, 0.2) is 42.5 Å². The van der Waals surface area contributed by atoms with Crippen LogP contribution in [0.2, 0.25) is 5.02 Å². The first-order valence-corrected chi connectivity index (χ1v) is 7.71. The standard InChI is InChI=1S/C15H12ClFN2S/c16-11-4-3-5-12(17)10(11)8-20-9-15-18-13-6-1-2-7-14(13)19-15/h1-7H,8-9H2,(H,18,19). The van der Waals surface area contributed by atoms with Crippen LogP contribution in [0.25, 0.3) is 11.0 Å². The van der Waals surface area contributed by atoms with E-state index in [1.54, 1.807) is 23.9 Å². The Morgan fingerprint density at radius 3 is 2.75 bits per heavy atom. The van der Waals surface area contributed by atoms with Gasteiger partial charge in [0.1, 0.15) is 11.6 Å². The molecule has 2 nitrogen and oxygen atoms in total. The highest BCUT2D eigenvalue weighted by atomic mass is 35.5. The molecule has 20 heavy (non-hydrogen) atoms. The van der Waals surface area contributed by atoms with Crippen LogP contribution in [0.3, 0.4) is 0 Å². The smallest absolute Gasteiger partial charge is 0.128 e. The highest BCUT2D eigenvalue weighted by molar-refractivity contribution is 7.97. The number of para-hydroxylation sites is 2. The van der Waals surface area contributed by atoms with Crippen molar-refractivity contribution in [3.05, 3.63) is 64.7 Å². The number of nitrogens with one attached hydrogen (secondary N) is 1. The molecule has 3 rings (SSSR count). The van der Waals surface area contributed by atoms with Gasteiger partial charge < -0.3 is 4.98 Å². The number of rotatable bonds is 4. The molecule has 0 bridgehead atoms. The zero-order valence-corrected chi connectivity index (χ0v) is 12.1. The molecule has 0 radical (unpaired) electrons. The van der Waals surface area contributed by atoms with Gasteiger partial charge in [-0.2, -0.15) is 0 Å². The van der Waals surface area contributed by atoms with Gasteiger partial charge in [-0.25, -0.2) is 9.37 Å². The van der Waals surface area contributed by atoms with E-state index in [0.29, 0.717) is 22.1 Å². The van der Waals surface area contributed by atoms with Crippen LogP contribution < -0.4 is 0 Å². The molecular weight excluding hydrogens is 295 g/mol. The Morgan fingerprint density at radius 2 is 1.95 bits per heavy atom. The normalized spacial score (nSPS) is 11.1. The molecule has 0 aliphatic rings. The van der Waals surface area contributed by atoms with Crippen LogP contribution in [0, 0.1) is 5.82 Å². The maximum absolute atomic E-state index is 13.6. The van der Waals surface area contributed by atoms with E-state index in [4.69, 9.17) is 11.6 Å². The van der Waals surface area contributed by atoms with Gasteiger partial charge in [-0.15, -0.1) is 11.8 Å². The summed E-state index contributed by atoms with van der Waals surface area (Å²) in [5.41, 5.74) is 2.52. The minimum absolute atomic E-state index is 0.255. The fourth-order valence-electron chi connectivity index (χ4n) is 1.99. The van der Waals surface area contributed by atoms with Crippen molar-refractivity contribution >= 4 is 34.4 Å². The maximum atomic E-state index is 13.6. The Kier molecular flexibility index (Phi) is 3.94. The molecule has 5 heteroatoms. The summed E-state index contributed by atoms with van der Waals surface area (Å²) >= 11 is 7.58. The number of imidazole rings is 1. The van der Waals surface area contributed by atoms with E-state index in [-0.39, 0.29) is 5.82 Å². The summed E-state index contributed by atoms with van der Waals surface area (Å²) < 4.78 is 13.6. The molecule has 1 heterocycles. The summed E-state index contributed by atoms with van der Waals surface area (Å²) in [5, 5.41) is 0.474. The molecule has 0 aliphatic heterocycles. The minimum Gasteiger partial charge on any atom is -0.341 e. The van der Waals surface area contributed by atoms with Crippen LogP contribution in [0.4, 0.5) is 4.39 Å². The number of aromatic nitrogens is 2. The molecule has 0 fully saturated rings. The summed E-state index contributed by atoms with van der Waals surface area (Å²) in [7, 11) is 0. The molecule has 0 atom stereocenters. The lowest BCUT2D eigenvalue weighted by molar-refractivity contribution is 0.617. The third-order valence-corrected chi connectivity index (χ3v) is 4.31. The Morgan fingerprint density at radius 1 is 1.10 bits per heavy atom. The lowest BCUT2D eigenvalue weighted by Crippen LogP contribution is -1.90. The minimum atomic E-state index is -0.255. The van der Waals surface area contributed by atoms with E-state index in [1.165, 1.54) is 6.07 Å². The van der Waals surface area contributed by atoms with E-state index in [2.05, 4.69) is 9.97 Å². The number of nitrogens with zero attached hydrogens (tertiary/aromatic N) is 1. The largest absolute Gasteiger partial charge is 0.341 e. The van der Waals surface area contributed by atoms with Gasteiger partial charge in [-0.05, 0) is 24.3 Å². The number of hydrogen-bond donors (Lipinski definition) is 1. The molecule has 2 aromatic carbocycles. The lowest BCUT2D eigenvalue weighted by Gasteiger charge is -2.04. The zero-order valence-electron chi connectivity index (χ0n) is 10.6. The fraction of sp³-hybridized carbons (Fsp3) is 0.133. The molecule has 0 spiro atoms. The SMILES string of the molecule is Fc1cccc(Cl)c1CSCc1nc2ccccc2[nH]1. The van der Waals surface area contributed by atoms with Crippen LogP contribution in [0.1, 0.15) is 11.4 Å². The number of thioether (sulfide) groups is 1. The Bertz CT molecular complexity index is 688. The van der Waals surface area contributed by atoms with Gasteiger partial charge in [0.25, 0.3) is 0 Å². The van der Waals surface area contributed by atoms with Crippen LogP contribution >= 0.6 is 23.4 Å². The van der Waals surface area contributed by atoms with Crippen LogP contribution in [-0.4, -0.2) is 9.97 Å². The number of halogens is 2. The Hall–Kier alpha value is -1.52.